The van der Waals surface area contributed by atoms with E-state index in [9.17, 15) is 19.2 Å². The predicted molar refractivity (Wildman–Crippen MR) is 178 cm³/mol. The van der Waals surface area contributed by atoms with Crippen molar-refractivity contribution in [1.82, 2.24) is 15.1 Å². The van der Waals surface area contributed by atoms with Crippen molar-refractivity contribution >= 4 is 29.3 Å². The molecule has 10 heteroatoms. The Balaban J connectivity index is 1.22. The standard InChI is InChI=1S/C36H50N4O6/c1-7-46-30-21-26(15-16-29(30)45-6)22-40-34(43)27-12-10-13-28(33(27)35(40)44)38-31(41)14-9-8-11-25-17-19-39(20-18-25)23-32(42)37-24(2)36(3,4)5/h10,12-13,15-16,21,24-25H,7-9,11,14,17-20,22-23H2,1-6H3,(H,37,42)(H,38,41). The SMILES string of the molecule is CCOc1cc(CN2C(=O)c3cccc(NC(=O)CCCCC4CCN(CC(=O)NC(C)C(C)(C)C)CC4)c3C2=O)ccc1OC. The van der Waals surface area contributed by atoms with E-state index >= 15 is 0 Å². The molecular weight excluding hydrogens is 584 g/mol. The number of benzene rings is 2. The Hall–Kier alpha value is -3.92. The van der Waals surface area contributed by atoms with E-state index in [1.54, 1.807) is 43.5 Å². The van der Waals surface area contributed by atoms with Crippen LogP contribution in [0, 0.1) is 11.3 Å². The molecule has 2 aliphatic heterocycles. The van der Waals surface area contributed by atoms with Crippen molar-refractivity contribution in [3.63, 3.8) is 0 Å². The number of carbonyl (C=O) groups excluding carboxylic acids is 4. The minimum atomic E-state index is -0.433. The zero-order valence-corrected chi connectivity index (χ0v) is 28.2. The van der Waals surface area contributed by atoms with Crippen LogP contribution in [0.1, 0.15) is 99.4 Å². The smallest absolute Gasteiger partial charge is 0.263 e. The van der Waals surface area contributed by atoms with Gasteiger partial charge in [-0.15, -0.1) is 0 Å². The first-order valence-electron chi connectivity index (χ1n) is 16.5. The summed E-state index contributed by atoms with van der Waals surface area (Å²) < 4.78 is 11.0. The first kappa shape index (κ1) is 34.9. The molecule has 1 saturated heterocycles. The largest absolute Gasteiger partial charge is 0.493 e. The van der Waals surface area contributed by atoms with Crippen molar-refractivity contribution in [3.8, 4) is 11.5 Å². The van der Waals surface area contributed by atoms with E-state index in [0.717, 1.165) is 50.8 Å². The molecule has 1 fully saturated rings. The second-order valence-corrected chi connectivity index (χ2v) is 13.5. The van der Waals surface area contributed by atoms with Crippen LogP contribution in [0.15, 0.2) is 36.4 Å². The maximum absolute atomic E-state index is 13.4. The number of methoxy groups -OCH3 is 1. The second-order valence-electron chi connectivity index (χ2n) is 13.5. The van der Waals surface area contributed by atoms with Crippen molar-refractivity contribution in [1.29, 1.82) is 0 Å². The fraction of sp³-hybridized carbons (Fsp3) is 0.556. The monoisotopic (exact) mass is 634 g/mol. The summed E-state index contributed by atoms with van der Waals surface area (Å²) in [4.78, 5) is 55.4. The molecule has 2 aromatic carbocycles. The van der Waals surface area contributed by atoms with Gasteiger partial charge in [0.2, 0.25) is 11.8 Å². The average Bonchev–Trinajstić information content (AvgIpc) is 3.25. The number of hydrogen-bond acceptors (Lipinski definition) is 7. The second kappa shape index (κ2) is 15.6. The molecule has 10 nitrogen and oxygen atoms in total. The van der Waals surface area contributed by atoms with Crippen LogP contribution in [-0.4, -0.2) is 72.8 Å². The van der Waals surface area contributed by atoms with Gasteiger partial charge in [0.15, 0.2) is 11.5 Å². The summed E-state index contributed by atoms with van der Waals surface area (Å²) in [6.45, 7) is 13.1. The van der Waals surface area contributed by atoms with E-state index in [1.807, 2.05) is 6.92 Å². The highest BCUT2D eigenvalue weighted by Gasteiger charge is 2.38. The van der Waals surface area contributed by atoms with Crippen LogP contribution in [0.4, 0.5) is 5.69 Å². The molecule has 2 aromatic rings. The third-order valence-electron chi connectivity index (χ3n) is 9.16. The number of carbonyl (C=O) groups is 4. The molecule has 46 heavy (non-hydrogen) atoms. The van der Waals surface area contributed by atoms with E-state index in [1.165, 1.54) is 4.90 Å². The lowest BCUT2D eigenvalue weighted by molar-refractivity contribution is -0.124. The van der Waals surface area contributed by atoms with Crippen LogP contribution in [-0.2, 0) is 16.1 Å². The van der Waals surface area contributed by atoms with E-state index < -0.39 is 11.8 Å². The first-order valence-corrected chi connectivity index (χ1v) is 16.5. The summed E-state index contributed by atoms with van der Waals surface area (Å²) >= 11 is 0. The fourth-order valence-corrected chi connectivity index (χ4v) is 5.92. The van der Waals surface area contributed by atoms with Gasteiger partial charge < -0.3 is 20.1 Å². The molecular formula is C36H50N4O6. The van der Waals surface area contributed by atoms with Crippen molar-refractivity contribution in [3.05, 3.63) is 53.1 Å². The maximum atomic E-state index is 13.4. The maximum Gasteiger partial charge on any atom is 0.263 e. The predicted octanol–water partition coefficient (Wildman–Crippen LogP) is 5.65. The first-order chi connectivity index (χ1) is 21.9. The van der Waals surface area contributed by atoms with Gasteiger partial charge in [0.25, 0.3) is 11.8 Å². The number of fused-ring (bicyclic) bond motifs is 1. The molecule has 4 rings (SSSR count). The third kappa shape index (κ3) is 8.87. The Kier molecular flexibility index (Phi) is 11.8. The molecule has 0 aromatic heterocycles. The Morgan fingerprint density at radius 2 is 1.74 bits per heavy atom. The number of imide groups is 1. The zero-order valence-electron chi connectivity index (χ0n) is 28.2. The number of rotatable bonds is 14. The fourth-order valence-electron chi connectivity index (χ4n) is 5.92. The quantitative estimate of drug-likeness (QED) is 0.204. The molecule has 2 N–H and O–H groups in total. The highest BCUT2D eigenvalue weighted by atomic mass is 16.5. The number of unbranched alkanes of at least 4 members (excludes halogenated alkanes) is 1. The highest BCUT2D eigenvalue weighted by molar-refractivity contribution is 6.24. The number of anilines is 1. The van der Waals surface area contributed by atoms with E-state index in [2.05, 4.69) is 43.2 Å². The Labute approximate surface area is 273 Å². The lowest BCUT2D eigenvalue weighted by Crippen LogP contribution is -2.47. The molecule has 0 saturated carbocycles. The van der Waals surface area contributed by atoms with E-state index in [4.69, 9.17) is 9.47 Å². The molecule has 1 atom stereocenters. The number of amides is 4. The zero-order chi connectivity index (χ0) is 33.4. The molecule has 0 radical (unpaired) electrons. The lowest BCUT2D eigenvalue weighted by Gasteiger charge is -2.33. The molecule has 2 aliphatic rings. The Bertz CT molecular complexity index is 1410. The highest BCUT2D eigenvalue weighted by Crippen LogP contribution is 2.33. The van der Waals surface area contributed by atoms with Crippen LogP contribution >= 0.6 is 0 Å². The van der Waals surface area contributed by atoms with Gasteiger partial charge in [-0.1, -0.05) is 45.7 Å². The van der Waals surface area contributed by atoms with Gasteiger partial charge in [0.1, 0.15) is 0 Å². The number of likely N-dealkylation sites (tertiary alicyclic amines) is 1. The third-order valence-corrected chi connectivity index (χ3v) is 9.16. The van der Waals surface area contributed by atoms with Gasteiger partial charge in [-0.3, -0.25) is 29.0 Å². The number of hydrogen-bond donors (Lipinski definition) is 2. The van der Waals surface area contributed by atoms with Gasteiger partial charge in [-0.05, 0) is 87.4 Å². The summed E-state index contributed by atoms with van der Waals surface area (Å²) in [7, 11) is 1.56. The van der Waals surface area contributed by atoms with Gasteiger partial charge in [0.05, 0.1) is 43.6 Å². The minimum Gasteiger partial charge on any atom is -0.493 e. The summed E-state index contributed by atoms with van der Waals surface area (Å²) in [6, 6.07) is 10.4. The molecule has 2 heterocycles. The van der Waals surface area contributed by atoms with Crippen LogP contribution in [0.25, 0.3) is 0 Å². The van der Waals surface area contributed by atoms with Gasteiger partial charge >= 0.3 is 0 Å². The lowest BCUT2D eigenvalue weighted by atomic mass is 9.88. The molecule has 0 spiro atoms. The van der Waals surface area contributed by atoms with E-state index in [0.29, 0.717) is 42.7 Å². The summed E-state index contributed by atoms with van der Waals surface area (Å²) in [5.74, 6) is 0.803. The summed E-state index contributed by atoms with van der Waals surface area (Å²) in [5, 5.41) is 6.01. The minimum absolute atomic E-state index is 0.0336. The number of piperidine rings is 1. The van der Waals surface area contributed by atoms with Crippen molar-refractivity contribution < 1.29 is 28.7 Å². The molecule has 1 unspecified atom stereocenters. The van der Waals surface area contributed by atoms with Gasteiger partial charge in [0, 0.05) is 12.5 Å². The van der Waals surface area contributed by atoms with Crippen LogP contribution in [0.2, 0.25) is 0 Å². The Morgan fingerprint density at radius 1 is 1.00 bits per heavy atom. The van der Waals surface area contributed by atoms with Gasteiger partial charge in [-0.25, -0.2) is 0 Å². The number of nitrogens with one attached hydrogen (secondary N) is 2. The normalized spacial score (nSPS) is 16.3. The van der Waals surface area contributed by atoms with Crippen LogP contribution in [0.5, 0.6) is 11.5 Å². The van der Waals surface area contributed by atoms with Crippen molar-refractivity contribution in [2.75, 3.05) is 38.7 Å². The molecule has 250 valence electrons. The van der Waals surface area contributed by atoms with Crippen molar-refractivity contribution in [2.45, 2.75) is 85.7 Å². The number of ether oxygens (including phenoxy) is 2. The Morgan fingerprint density at radius 3 is 2.41 bits per heavy atom. The summed E-state index contributed by atoms with van der Waals surface area (Å²) in [5.41, 5.74) is 1.64. The van der Waals surface area contributed by atoms with Crippen LogP contribution in [0.3, 0.4) is 0 Å². The van der Waals surface area contributed by atoms with Crippen molar-refractivity contribution in [2.24, 2.45) is 11.3 Å². The average molecular weight is 635 g/mol. The molecule has 4 amide bonds. The topological polar surface area (TPSA) is 117 Å². The molecule has 0 aliphatic carbocycles. The molecule has 0 bridgehead atoms. The number of nitrogens with zero attached hydrogens (tertiary/aromatic N) is 2. The summed E-state index contributed by atoms with van der Waals surface area (Å²) in [6.07, 6.45) is 5.18. The van der Waals surface area contributed by atoms with Gasteiger partial charge in [-0.2, -0.15) is 0 Å². The van der Waals surface area contributed by atoms with E-state index in [-0.39, 0.29) is 40.9 Å². The van der Waals surface area contributed by atoms with Crippen LogP contribution < -0.4 is 20.1 Å².